The molecule has 0 spiro atoms. The summed E-state index contributed by atoms with van der Waals surface area (Å²) in [7, 11) is 0. The van der Waals surface area contributed by atoms with E-state index in [1.165, 1.54) is 10.1 Å². The molecule has 2 N–H and O–H groups in total. The molecule has 0 unspecified atom stereocenters. The maximum absolute atomic E-state index is 15.1. The van der Waals surface area contributed by atoms with Gasteiger partial charge in [0.05, 0.1) is 34.0 Å². The average Bonchev–Trinajstić information content (AvgIpc) is 3.45. The summed E-state index contributed by atoms with van der Waals surface area (Å²) in [4.78, 5) is 47.8. The number of ether oxygens (including phenoxy) is 1. The van der Waals surface area contributed by atoms with Crippen LogP contribution in [0.15, 0.2) is 63.0 Å². The van der Waals surface area contributed by atoms with E-state index in [1.54, 1.807) is 43.1 Å². The van der Waals surface area contributed by atoms with E-state index in [0.29, 0.717) is 72.4 Å². The molecule has 5 aromatic heterocycles. The third kappa shape index (κ3) is 5.24. The van der Waals surface area contributed by atoms with Crippen molar-refractivity contribution in [2.75, 3.05) is 13.2 Å². The lowest BCUT2D eigenvalue weighted by atomic mass is 9.84. The molecule has 6 aromatic rings. The predicted molar refractivity (Wildman–Crippen MR) is 193 cm³/mol. The van der Waals surface area contributed by atoms with Gasteiger partial charge in [0.2, 0.25) is 0 Å². The minimum atomic E-state index is -0.706. The number of rotatable bonds is 6. The van der Waals surface area contributed by atoms with Gasteiger partial charge in [0.15, 0.2) is 5.82 Å². The van der Waals surface area contributed by atoms with Gasteiger partial charge in [-0.1, -0.05) is 5.16 Å². The van der Waals surface area contributed by atoms with E-state index in [4.69, 9.17) is 14.4 Å². The molecule has 1 aliphatic carbocycles. The van der Waals surface area contributed by atoms with Gasteiger partial charge < -0.3 is 19.0 Å². The zero-order valence-electron chi connectivity index (χ0n) is 30.3. The Bertz CT molecular complexity index is 2540. The second-order valence-electron chi connectivity index (χ2n) is 15.5. The first-order valence-electron chi connectivity index (χ1n) is 18.2. The fourth-order valence-corrected chi connectivity index (χ4v) is 8.79. The highest BCUT2D eigenvalue weighted by Crippen LogP contribution is 2.54. The normalized spacial score (nSPS) is 20.5. The number of hydrogen-bond donors (Lipinski definition) is 2. The van der Waals surface area contributed by atoms with E-state index in [9.17, 15) is 14.0 Å². The molecular formula is C39H41FN8O5. The van der Waals surface area contributed by atoms with Gasteiger partial charge in [0.25, 0.3) is 5.91 Å². The van der Waals surface area contributed by atoms with Crippen LogP contribution in [-0.2, 0) is 16.6 Å². The van der Waals surface area contributed by atoms with Gasteiger partial charge in [-0.2, -0.15) is 5.10 Å². The van der Waals surface area contributed by atoms with Crippen molar-refractivity contribution in [3.63, 3.8) is 0 Å². The Morgan fingerprint density at radius 1 is 1.08 bits per heavy atom. The molecule has 3 aliphatic rings. The number of hydrogen-bond acceptors (Lipinski definition) is 7. The number of benzene rings is 1. The smallest absolute Gasteiger partial charge is 0.376 e. The van der Waals surface area contributed by atoms with Gasteiger partial charge in [-0.3, -0.25) is 18.9 Å². The molecule has 1 aromatic carbocycles. The Kier molecular flexibility index (Phi) is 7.39. The fraction of sp³-hybridized carbons (Fsp3) is 0.410. The first-order chi connectivity index (χ1) is 25.3. The fourth-order valence-electron chi connectivity index (χ4n) is 8.79. The van der Waals surface area contributed by atoms with Crippen LogP contribution < -0.4 is 11.4 Å². The lowest BCUT2D eigenvalue weighted by Gasteiger charge is -2.35. The van der Waals surface area contributed by atoms with Gasteiger partial charge in [-0.05, 0) is 113 Å². The van der Waals surface area contributed by atoms with Crippen molar-refractivity contribution in [3.05, 3.63) is 121 Å². The number of aromatic amines is 2. The number of carbonyl (C=O) groups excluding carboxylic acids is 1. The largest absolute Gasteiger partial charge is 0.438 e. The highest BCUT2D eigenvalue weighted by atomic mass is 19.1. The Morgan fingerprint density at radius 2 is 1.85 bits per heavy atom. The van der Waals surface area contributed by atoms with E-state index in [1.807, 2.05) is 24.1 Å². The number of nitrogens with zero attached hydrogens (tertiary/aromatic N) is 6. The molecule has 13 nitrogen and oxygen atoms in total. The first kappa shape index (κ1) is 33.3. The highest BCUT2D eigenvalue weighted by molar-refractivity contribution is 5.98. The average molecular weight is 721 g/mol. The molecule has 2 aliphatic heterocycles. The summed E-state index contributed by atoms with van der Waals surface area (Å²) in [6.07, 6.45) is 8.83. The van der Waals surface area contributed by atoms with Crippen LogP contribution in [0.1, 0.15) is 108 Å². The molecule has 9 rings (SSSR count). The Labute approximate surface area is 303 Å². The molecule has 53 heavy (non-hydrogen) atoms. The van der Waals surface area contributed by atoms with Crippen molar-refractivity contribution in [2.24, 2.45) is 0 Å². The number of halogens is 1. The number of fused-ring (bicyclic) bond motifs is 2. The van der Waals surface area contributed by atoms with Crippen molar-refractivity contribution in [1.29, 1.82) is 0 Å². The van der Waals surface area contributed by atoms with Gasteiger partial charge in [0.1, 0.15) is 11.6 Å². The van der Waals surface area contributed by atoms with Crippen molar-refractivity contribution in [3.8, 4) is 11.5 Å². The minimum Gasteiger partial charge on any atom is -0.376 e. The molecular weight excluding hydrogens is 679 g/mol. The maximum atomic E-state index is 15.1. The number of aryl methyl sites for hydroxylation is 2. The van der Waals surface area contributed by atoms with Crippen LogP contribution in [0, 0.1) is 19.7 Å². The highest BCUT2D eigenvalue weighted by Gasteiger charge is 2.54. The Morgan fingerprint density at radius 3 is 2.51 bits per heavy atom. The SMILES string of the molecule is Cc1cc(-n2nc3c(c2-n2cc[nH]c2=O)[C@H](C)N(C(=O)c2cc4cc([C@H]5CCOC(C)(C)C5)ccn4c2C2(c4noc(=O)[nH]4)CC2)CC3)cc(C)c1F. The van der Waals surface area contributed by atoms with Crippen LogP contribution in [-0.4, -0.2) is 63.4 Å². The monoisotopic (exact) mass is 720 g/mol. The van der Waals surface area contributed by atoms with E-state index >= 15 is 4.79 Å². The lowest BCUT2D eigenvalue weighted by molar-refractivity contribution is -0.0593. The van der Waals surface area contributed by atoms with Crippen molar-refractivity contribution in [2.45, 2.75) is 89.7 Å². The van der Waals surface area contributed by atoms with E-state index in [0.717, 1.165) is 35.3 Å². The van der Waals surface area contributed by atoms with Crippen LogP contribution in [0.2, 0.25) is 0 Å². The predicted octanol–water partition coefficient (Wildman–Crippen LogP) is 5.55. The number of carbonyl (C=O) groups is 1. The summed E-state index contributed by atoms with van der Waals surface area (Å²) >= 11 is 0. The lowest BCUT2D eigenvalue weighted by Crippen LogP contribution is -2.40. The molecule has 7 heterocycles. The first-order valence-corrected chi connectivity index (χ1v) is 18.2. The number of imidazole rings is 1. The van der Waals surface area contributed by atoms with E-state index < -0.39 is 17.2 Å². The summed E-state index contributed by atoms with van der Waals surface area (Å²) in [5.74, 6) is 0.0923. The summed E-state index contributed by atoms with van der Waals surface area (Å²) in [6.45, 7) is 10.7. The molecule has 1 amide bonds. The summed E-state index contributed by atoms with van der Waals surface area (Å²) in [5, 5.41) is 9.08. The zero-order chi connectivity index (χ0) is 37.0. The second-order valence-corrected chi connectivity index (χ2v) is 15.5. The van der Waals surface area contributed by atoms with Crippen LogP contribution in [0.5, 0.6) is 0 Å². The van der Waals surface area contributed by atoms with Crippen LogP contribution >= 0.6 is 0 Å². The zero-order valence-corrected chi connectivity index (χ0v) is 30.3. The van der Waals surface area contributed by atoms with Crippen molar-refractivity contribution < 1.29 is 18.4 Å². The maximum Gasteiger partial charge on any atom is 0.438 e. The third-order valence-electron chi connectivity index (χ3n) is 11.5. The number of amides is 1. The van der Waals surface area contributed by atoms with E-state index in [-0.39, 0.29) is 23.0 Å². The number of nitrogens with one attached hydrogen (secondary N) is 2. The summed E-state index contributed by atoms with van der Waals surface area (Å²) in [5.41, 5.74) is 5.09. The minimum absolute atomic E-state index is 0.179. The number of H-pyrrole nitrogens is 2. The Balaban J connectivity index is 1.17. The van der Waals surface area contributed by atoms with Crippen LogP contribution in [0.4, 0.5) is 4.39 Å². The third-order valence-corrected chi connectivity index (χ3v) is 11.5. The molecule has 2 fully saturated rings. The van der Waals surface area contributed by atoms with Crippen LogP contribution in [0.3, 0.4) is 0 Å². The van der Waals surface area contributed by atoms with E-state index in [2.05, 4.69) is 45.5 Å². The number of aromatic nitrogens is 7. The summed E-state index contributed by atoms with van der Waals surface area (Å²) in [6, 6.07) is 9.19. The molecule has 0 bridgehead atoms. The molecule has 1 saturated carbocycles. The standard InChI is InChI=1S/C39H41FN8O5/c1-21-16-27(17-22(2)31(21)40)48-33(47-14-11-41-36(47)50)30-23(3)45(13-7-29(30)43-48)34(49)28-19-26-18-24(25-8-15-52-38(4,5)20-25)6-12-46(26)32(28)39(9-10-39)35-42-37(51)53-44-35/h6,11-12,14,16-19,23,25H,7-10,13,15,20H2,1-5H3,(H,41,50)(H,42,44,51)/t23-,25-/m0/s1. The molecule has 2 atom stereocenters. The Hall–Kier alpha value is -5.50. The summed E-state index contributed by atoms with van der Waals surface area (Å²) < 4.78 is 30.9. The van der Waals surface area contributed by atoms with Gasteiger partial charge in [-0.25, -0.2) is 18.7 Å². The molecule has 274 valence electrons. The topological polar surface area (TPSA) is 148 Å². The molecule has 0 radical (unpaired) electrons. The van der Waals surface area contributed by atoms with Crippen molar-refractivity contribution in [1.82, 2.24) is 38.8 Å². The van der Waals surface area contributed by atoms with Crippen LogP contribution in [0.25, 0.3) is 17.0 Å². The quantitative estimate of drug-likeness (QED) is 0.229. The molecule has 14 heteroatoms. The van der Waals surface area contributed by atoms with Gasteiger partial charge >= 0.3 is 11.4 Å². The number of pyridine rings is 1. The second kappa shape index (κ2) is 11.8. The van der Waals surface area contributed by atoms with Gasteiger partial charge in [0, 0.05) is 54.9 Å². The van der Waals surface area contributed by atoms with Gasteiger partial charge in [-0.15, -0.1) is 0 Å². The van der Waals surface area contributed by atoms with Crippen molar-refractivity contribution >= 4 is 11.4 Å². The molecule has 1 saturated heterocycles.